The van der Waals surface area contributed by atoms with Gasteiger partial charge in [-0.1, -0.05) is 24.6 Å². The number of benzene rings is 1. The van der Waals surface area contributed by atoms with Gasteiger partial charge in [0.05, 0.1) is 0 Å². The van der Waals surface area contributed by atoms with Crippen molar-refractivity contribution in [1.82, 2.24) is 5.32 Å². The van der Waals surface area contributed by atoms with Crippen LogP contribution in [0.1, 0.15) is 42.2 Å². The third-order valence-electron chi connectivity index (χ3n) is 3.63. The molecule has 2 heterocycles. The molecule has 0 amide bonds. The van der Waals surface area contributed by atoms with Crippen molar-refractivity contribution in [2.45, 2.75) is 32.4 Å². The van der Waals surface area contributed by atoms with Crippen LogP contribution >= 0.6 is 11.3 Å². The molecule has 0 bridgehead atoms. The Kier molecular flexibility index (Phi) is 3.58. The summed E-state index contributed by atoms with van der Waals surface area (Å²) in [5, 5.41) is 7.89. The van der Waals surface area contributed by atoms with E-state index in [1.165, 1.54) is 16.7 Å². The summed E-state index contributed by atoms with van der Waals surface area (Å²) in [6.45, 7) is 5.27. The largest absolute Gasteiger partial charge is 0.485 e. The van der Waals surface area contributed by atoms with Crippen molar-refractivity contribution in [3.63, 3.8) is 0 Å². The maximum absolute atomic E-state index is 6.17. The fourth-order valence-corrected chi connectivity index (χ4v) is 3.39. The summed E-state index contributed by atoms with van der Waals surface area (Å²) in [6, 6.07) is 9.02. The van der Waals surface area contributed by atoms with Gasteiger partial charge in [-0.15, -0.1) is 0 Å². The van der Waals surface area contributed by atoms with Crippen LogP contribution in [0.2, 0.25) is 0 Å². The van der Waals surface area contributed by atoms with Gasteiger partial charge in [0.1, 0.15) is 11.9 Å². The highest BCUT2D eigenvalue weighted by molar-refractivity contribution is 7.07. The lowest BCUT2D eigenvalue weighted by Crippen LogP contribution is -2.28. The van der Waals surface area contributed by atoms with Crippen LogP contribution in [0.3, 0.4) is 0 Å². The van der Waals surface area contributed by atoms with Gasteiger partial charge in [0.2, 0.25) is 0 Å². The monoisotopic (exact) mass is 273 g/mol. The molecule has 0 spiro atoms. The van der Waals surface area contributed by atoms with Gasteiger partial charge < -0.3 is 10.1 Å². The van der Waals surface area contributed by atoms with Crippen LogP contribution in [0, 0.1) is 6.92 Å². The maximum Gasteiger partial charge on any atom is 0.126 e. The van der Waals surface area contributed by atoms with Crippen LogP contribution in [-0.4, -0.2) is 6.54 Å². The van der Waals surface area contributed by atoms with Crippen molar-refractivity contribution >= 4 is 11.3 Å². The number of aryl methyl sites for hydroxylation is 1. The summed E-state index contributed by atoms with van der Waals surface area (Å²) in [5.41, 5.74) is 3.88. The summed E-state index contributed by atoms with van der Waals surface area (Å²) in [7, 11) is 0. The molecule has 2 unspecified atom stereocenters. The smallest absolute Gasteiger partial charge is 0.126 e. The summed E-state index contributed by atoms with van der Waals surface area (Å²) < 4.78 is 6.17. The summed E-state index contributed by atoms with van der Waals surface area (Å²) >= 11 is 1.73. The zero-order chi connectivity index (χ0) is 13.2. The average Bonchev–Trinajstić information content (AvgIpc) is 2.93. The van der Waals surface area contributed by atoms with E-state index in [2.05, 4.69) is 54.2 Å². The summed E-state index contributed by atoms with van der Waals surface area (Å²) in [4.78, 5) is 0. The molecule has 1 aromatic heterocycles. The molecule has 0 saturated carbocycles. The van der Waals surface area contributed by atoms with E-state index in [1.54, 1.807) is 11.3 Å². The van der Waals surface area contributed by atoms with E-state index in [9.17, 15) is 0 Å². The first kappa shape index (κ1) is 12.7. The Hall–Kier alpha value is -1.32. The highest BCUT2D eigenvalue weighted by Gasteiger charge is 2.28. The quantitative estimate of drug-likeness (QED) is 0.903. The predicted molar refractivity (Wildman–Crippen MR) is 79.9 cm³/mol. The van der Waals surface area contributed by atoms with Crippen molar-refractivity contribution in [3.05, 3.63) is 51.7 Å². The SMILES string of the molecule is CCNC1CC(c2ccsc2)Oc2ccc(C)cc21. The van der Waals surface area contributed by atoms with E-state index in [0.29, 0.717) is 6.04 Å². The van der Waals surface area contributed by atoms with Gasteiger partial charge in [0.25, 0.3) is 0 Å². The van der Waals surface area contributed by atoms with Gasteiger partial charge >= 0.3 is 0 Å². The Balaban J connectivity index is 1.95. The first-order valence-corrected chi connectivity index (χ1v) is 7.75. The van der Waals surface area contributed by atoms with E-state index in [1.807, 2.05) is 0 Å². The molecule has 2 aromatic rings. The summed E-state index contributed by atoms with van der Waals surface area (Å²) in [5.74, 6) is 1.03. The zero-order valence-electron chi connectivity index (χ0n) is 11.3. The Bertz CT molecular complexity index is 550. The van der Waals surface area contributed by atoms with E-state index >= 15 is 0 Å². The Morgan fingerprint density at radius 3 is 3.00 bits per heavy atom. The second-order valence-electron chi connectivity index (χ2n) is 5.05. The van der Waals surface area contributed by atoms with E-state index in [-0.39, 0.29) is 6.10 Å². The highest BCUT2D eigenvalue weighted by Crippen LogP contribution is 2.41. The molecule has 19 heavy (non-hydrogen) atoms. The molecule has 0 saturated heterocycles. The molecular formula is C16H19NOS. The Labute approximate surface area is 118 Å². The van der Waals surface area contributed by atoms with Crippen LogP contribution in [0.15, 0.2) is 35.0 Å². The standard InChI is InChI=1S/C16H19NOS/c1-3-17-14-9-16(12-6-7-19-10-12)18-15-5-4-11(2)8-13(14)15/h4-8,10,14,16-17H,3,9H2,1-2H3. The number of ether oxygens (including phenoxy) is 1. The lowest BCUT2D eigenvalue weighted by Gasteiger charge is -2.32. The minimum Gasteiger partial charge on any atom is -0.485 e. The van der Waals surface area contributed by atoms with Gasteiger partial charge in [-0.2, -0.15) is 11.3 Å². The second-order valence-corrected chi connectivity index (χ2v) is 5.83. The molecule has 0 radical (unpaired) electrons. The minimum absolute atomic E-state index is 0.172. The first-order valence-electron chi connectivity index (χ1n) is 6.80. The molecule has 1 N–H and O–H groups in total. The van der Waals surface area contributed by atoms with Crippen LogP contribution < -0.4 is 10.1 Å². The third-order valence-corrected chi connectivity index (χ3v) is 4.33. The van der Waals surface area contributed by atoms with Crippen molar-refractivity contribution in [3.8, 4) is 5.75 Å². The number of hydrogen-bond acceptors (Lipinski definition) is 3. The number of nitrogens with one attached hydrogen (secondary N) is 1. The first-order chi connectivity index (χ1) is 9.28. The molecule has 1 aromatic carbocycles. The van der Waals surface area contributed by atoms with E-state index in [0.717, 1.165) is 18.7 Å². The van der Waals surface area contributed by atoms with Gasteiger partial charge in [0.15, 0.2) is 0 Å². The minimum atomic E-state index is 0.172. The fourth-order valence-electron chi connectivity index (χ4n) is 2.69. The molecule has 100 valence electrons. The van der Waals surface area contributed by atoms with Crippen molar-refractivity contribution in [2.75, 3.05) is 6.54 Å². The highest BCUT2D eigenvalue weighted by atomic mass is 32.1. The molecule has 2 atom stereocenters. The molecule has 0 fully saturated rings. The molecule has 0 aliphatic carbocycles. The van der Waals surface area contributed by atoms with Crippen molar-refractivity contribution in [1.29, 1.82) is 0 Å². The van der Waals surface area contributed by atoms with Gasteiger partial charge in [-0.05, 0) is 36.4 Å². The Morgan fingerprint density at radius 2 is 2.26 bits per heavy atom. The average molecular weight is 273 g/mol. The number of rotatable bonds is 3. The number of hydrogen-bond donors (Lipinski definition) is 1. The number of fused-ring (bicyclic) bond motifs is 1. The van der Waals surface area contributed by atoms with Crippen LogP contribution in [0.5, 0.6) is 5.75 Å². The van der Waals surface area contributed by atoms with Crippen LogP contribution in [0.25, 0.3) is 0 Å². The van der Waals surface area contributed by atoms with E-state index in [4.69, 9.17) is 4.74 Å². The second kappa shape index (κ2) is 5.35. The van der Waals surface area contributed by atoms with Gasteiger partial charge in [-0.3, -0.25) is 0 Å². The Morgan fingerprint density at radius 1 is 1.37 bits per heavy atom. The molecule has 1 aliphatic heterocycles. The fraction of sp³-hybridized carbons (Fsp3) is 0.375. The lowest BCUT2D eigenvalue weighted by molar-refractivity contribution is 0.152. The van der Waals surface area contributed by atoms with Crippen LogP contribution in [0.4, 0.5) is 0 Å². The van der Waals surface area contributed by atoms with Crippen LogP contribution in [-0.2, 0) is 0 Å². The maximum atomic E-state index is 6.17. The van der Waals surface area contributed by atoms with Gasteiger partial charge in [0, 0.05) is 23.6 Å². The van der Waals surface area contributed by atoms with E-state index < -0.39 is 0 Å². The zero-order valence-corrected chi connectivity index (χ0v) is 12.2. The molecule has 3 heteroatoms. The number of thiophene rings is 1. The summed E-state index contributed by atoms with van der Waals surface area (Å²) in [6.07, 6.45) is 1.17. The molecular weight excluding hydrogens is 254 g/mol. The third kappa shape index (κ3) is 2.53. The normalized spacial score (nSPS) is 21.8. The molecule has 1 aliphatic rings. The lowest BCUT2D eigenvalue weighted by atomic mass is 9.93. The van der Waals surface area contributed by atoms with Crippen molar-refractivity contribution in [2.24, 2.45) is 0 Å². The predicted octanol–water partition coefficient (Wildman–Crippen LogP) is 4.23. The molecule has 2 nitrogen and oxygen atoms in total. The molecule has 3 rings (SSSR count). The van der Waals surface area contributed by atoms with Crippen molar-refractivity contribution < 1.29 is 4.74 Å². The van der Waals surface area contributed by atoms with Gasteiger partial charge in [-0.25, -0.2) is 0 Å². The topological polar surface area (TPSA) is 21.3 Å².